The van der Waals surface area contributed by atoms with Gasteiger partial charge in [-0.1, -0.05) is 11.3 Å². The van der Waals surface area contributed by atoms with Crippen molar-refractivity contribution in [3.8, 4) is 9.88 Å². The molecule has 0 aliphatic heterocycles. The van der Waals surface area contributed by atoms with Gasteiger partial charge in [0.15, 0.2) is 5.01 Å². The predicted molar refractivity (Wildman–Crippen MR) is 78.8 cm³/mol. The maximum Gasteiger partial charge on any atom is 0.206 e. The molecule has 1 N–H and O–H groups in total. The highest BCUT2D eigenvalue weighted by atomic mass is 32.1. The van der Waals surface area contributed by atoms with Crippen LogP contribution >= 0.6 is 22.7 Å². The molecule has 6 nitrogen and oxygen atoms in total. The summed E-state index contributed by atoms with van der Waals surface area (Å²) in [5, 5.41) is 14.3. The van der Waals surface area contributed by atoms with Crippen LogP contribution < -0.4 is 5.32 Å². The Balaban J connectivity index is 1.99. The fraction of sp³-hybridized carbons (Fsp3) is 0.545. The van der Waals surface area contributed by atoms with Gasteiger partial charge < -0.3 is 15.0 Å². The largest absolute Gasteiger partial charge is 0.383 e. The Morgan fingerprint density at radius 3 is 2.89 bits per heavy atom. The second-order valence-electron chi connectivity index (χ2n) is 4.19. The van der Waals surface area contributed by atoms with Crippen LogP contribution in [-0.4, -0.2) is 54.4 Å². The van der Waals surface area contributed by atoms with Gasteiger partial charge in [0, 0.05) is 26.4 Å². The Labute approximate surface area is 120 Å². The Morgan fingerprint density at radius 2 is 2.16 bits per heavy atom. The van der Waals surface area contributed by atoms with Gasteiger partial charge in [0.2, 0.25) is 5.13 Å². The van der Waals surface area contributed by atoms with E-state index in [9.17, 15) is 0 Å². The van der Waals surface area contributed by atoms with Crippen LogP contribution in [0.25, 0.3) is 9.88 Å². The molecule has 0 saturated carbocycles. The number of hydrogen-bond donors (Lipinski definition) is 1. The minimum Gasteiger partial charge on any atom is -0.383 e. The summed E-state index contributed by atoms with van der Waals surface area (Å²) in [6.45, 7) is 2.24. The molecule has 8 heteroatoms. The smallest absolute Gasteiger partial charge is 0.206 e. The molecule has 0 aliphatic rings. The van der Waals surface area contributed by atoms with E-state index in [-0.39, 0.29) is 0 Å². The number of nitrogens with one attached hydrogen (secondary N) is 1. The lowest BCUT2D eigenvalue weighted by Crippen LogP contribution is -2.09. The third-order valence-electron chi connectivity index (χ3n) is 2.22. The Kier molecular flexibility index (Phi) is 5.20. The monoisotopic (exact) mass is 299 g/mol. The summed E-state index contributed by atoms with van der Waals surface area (Å²) in [6, 6.07) is 0. The molecule has 2 aromatic rings. The van der Waals surface area contributed by atoms with Crippen molar-refractivity contribution in [1.82, 2.24) is 20.1 Å². The number of hydrogen-bond acceptors (Lipinski definition) is 8. The van der Waals surface area contributed by atoms with Crippen LogP contribution in [0.5, 0.6) is 0 Å². The van der Waals surface area contributed by atoms with Gasteiger partial charge in [0.25, 0.3) is 0 Å². The number of nitrogens with zero attached hydrogens (tertiary/aromatic N) is 4. The van der Waals surface area contributed by atoms with Crippen LogP contribution in [0.15, 0.2) is 6.20 Å². The first-order valence-electron chi connectivity index (χ1n) is 5.85. The van der Waals surface area contributed by atoms with Crippen LogP contribution in [0, 0.1) is 0 Å². The van der Waals surface area contributed by atoms with E-state index < -0.39 is 0 Å². The Bertz CT molecular complexity index is 511. The van der Waals surface area contributed by atoms with Gasteiger partial charge in [-0.05, 0) is 14.1 Å². The fourth-order valence-corrected chi connectivity index (χ4v) is 3.25. The molecular weight excluding hydrogens is 282 g/mol. The van der Waals surface area contributed by atoms with E-state index in [0.29, 0.717) is 6.61 Å². The topological polar surface area (TPSA) is 63.2 Å². The van der Waals surface area contributed by atoms with Crippen LogP contribution in [0.2, 0.25) is 0 Å². The molecule has 0 bridgehead atoms. The van der Waals surface area contributed by atoms with Crippen molar-refractivity contribution in [2.75, 3.05) is 39.7 Å². The normalized spacial score (nSPS) is 11.2. The third kappa shape index (κ3) is 4.20. The quantitative estimate of drug-likeness (QED) is 0.786. The second kappa shape index (κ2) is 6.90. The third-order valence-corrected chi connectivity index (χ3v) is 4.26. The van der Waals surface area contributed by atoms with Gasteiger partial charge >= 0.3 is 0 Å². The lowest BCUT2D eigenvalue weighted by atomic mass is 10.6. The summed E-state index contributed by atoms with van der Waals surface area (Å²) in [5.74, 6) is 0. The maximum atomic E-state index is 4.98. The number of methoxy groups -OCH3 is 1. The first-order valence-corrected chi connectivity index (χ1v) is 7.48. The van der Waals surface area contributed by atoms with Crippen molar-refractivity contribution in [2.45, 2.75) is 6.54 Å². The van der Waals surface area contributed by atoms with Crippen LogP contribution in [0.4, 0.5) is 5.13 Å². The molecule has 2 heterocycles. The molecule has 0 fully saturated rings. The van der Waals surface area contributed by atoms with Gasteiger partial charge in [-0.25, -0.2) is 4.98 Å². The zero-order valence-electron chi connectivity index (χ0n) is 11.2. The van der Waals surface area contributed by atoms with Crippen molar-refractivity contribution in [3.63, 3.8) is 0 Å². The van der Waals surface area contributed by atoms with Crippen molar-refractivity contribution >= 4 is 27.8 Å². The molecule has 2 rings (SSSR count). The van der Waals surface area contributed by atoms with E-state index in [1.165, 1.54) is 11.3 Å². The van der Waals surface area contributed by atoms with E-state index in [2.05, 4.69) is 25.4 Å². The number of anilines is 1. The lowest BCUT2D eigenvalue weighted by molar-refractivity contribution is 0.211. The van der Waals surface area contributed by atoms with Crippen LogP contribution in [-0.2, 0) is 11.3 Å². The number of thiazole rings is 1. The van der Waals surface area contributed by atoms with Gasteiger partial charge in [0.1, 0.15) is 5.01 Å². The molecule has 0 atom stereocenters. The molecule has 0 radical (unpaired) electrons. The first kappa shape index (κ1) is 14.3. The molecule has 0 aliphatic carbocycles. The molecule has 2 aromatic heterocycles. The summed E-state index contributed by atoms with van der Waals surface area (Å²) in [6.07, 6.45) is 1.86. The second-order valence-corrected chi connectivity index (χ2v) is 6.28. The van der Waals surface area contributed by atoms with Crippen molar-refractivity contribution in [3.05, 3.63) is 11.2 Å². The standard InChI is InChI=1S/C11H17N5OS2/c1-16(2)7-9-13-6-8(18-9)10-14-15-11(19-10)12-4-5-17-3/h6H,4-5,7H2,1-3H3,(H,12,15). The fourth-order valence-electron chi connectivity index (χ4n) is 1.41. The zero-order valence-corrected chi connectivity index (χ0v) is 12.8. The van der Waals surface area contributed by atoms with E-state index in [1.807, 2.05) is 20.3 Å². The molecule has 0 spiro atoms. The predicted octanol–water partition coefficient (Wildman–Crippen LogP) is 1.78. The molecule has 104 valence electrons. The van der Waals surface area contributed by atoms with Crippen LogP contribution in [0.1, 0.15) is 5.01 Å². The summed E-state index contributed by atoms with van der Waals surface area (Å²) in [7, 11) is 5.74. The number of ether oxygens (including phenoxy) is 1. The van der Waals surface area contributed by atoms with Gasteiger partial charge in [-0.15, -0.1) is 21.5 Å². The average molecular weight is 299 g/mol. The minimum atomic E-state index is 0.655. The molecule has 19 heavy (non-hydrogen) atoms. The van der Waals surface area contributed by atoms with Crippen molar-refractivity contribution in [2.24, 2.45) is 0 Å². The molecule has 0 aromatic carbocycles. The highest BCUT2D eigenvalue weighted by molar-refractivity contribution is 7.23. The van der Waals surface area contributed by atoms with E-state index in [1.54, 1.807) is 18.4 Å². The molecular formula is C11H17N5OS2. The summed E-state index contributed by atoms with van der Waals surface area (Å²) in [5.41, 5.74) is 0. The number of aromatic nitrogens is 3. The molecule has 0 amide bonds. The van der Waals surface area contributed by atoms with E-state index in [4.69, 9.17) is 4.74 Å². The Hall–Kier alpha value is -1.09. The van der Waals surface area contributed by atoms with E-state index >= 15 is 0 Å². The van der Waals surface area contributed by atoms with Crippen molar-refractivity contribution in [1.29, 1.82) is 0 Å². The van der Waals surface area contributed by atoms with Crippen LogP contribution in [0.3, 0.4) is 0 Å². The summed E-state index contributed by atoms with van der Waals surface area (Å²) in [4.78, 5) is 7.55. The van der Waals surface area contributed by atoms with Gasteiger partial charge in [0.05, 0.1) is 11.5 Å². The Morgan fingerprint density at radius 1 is 1.32 bits per heavy atom. The highest BCUT2D eigenvalue weighted by Gasteiger charge is 2.10. The average Bonchev–Trinajstić information content (AvgIpc) is 2.97. The maximum absolute atomic E-state index is 4.98. The first-order chi connectivity index (χ1) is 9.19. The summed E-state index contributed by atoms with van der Waals surface area (Å²) < 4.78 is 4.98. The van der Waals surface area contributed by atoms with Gasteiger partial charge in [-0.2, -0.15) is 0 Å². The molecule has 0 unspecified atom stereocenters. The lowest BCUT2D eigenvalue weighted by Gasteiger charge is -2.04. The SMILES string of the molecule is COCCNc1nnc(-c2cnc(CN(C)C)s2)s1. The van der Waals surface area contributed by atoms with E-state index in [0.717, 1.165) is 33.1 Å². The van der Waals surface area contributed by atoms with Crippen molar-refractivity contribution < 1.29 is 4.74 Å². The minimum absolute atomic E-state index is 0.655. The number of rotatable bonds is 7. The highest BCUT2D eigenvalue weighted by Crippen LogP contribution is 2.30. The summed E-state index contributed by atoms with van der Waals surface area (Å²) >= 11 is 3.20. The molecule has 0 saturated heterocycles. The zero-order chi connectivity index (χ0) is 13.7. The van der Waals surface area contributed by atoms with Gasteiger partial charge in [-0.3, -0.25) is 0 Å².